The van der Waals surface area contributed by atoms with Crippen molar-refractivity contribution in [3.8, 4) is 0 Å². The summed E-state index contributed by atoms with van der Waals surface area (Å²) in [6.45, 7) is 4.57. The number of benzene rings is 2. The van der Waals surface area contributed by atoms with Gasteiger partial charge in [0.05, 0.1) is 6.54 Å². The van der Waals surface area contributed by atoms with Crippen molar-refractivity contribution >= 4 is 22.9 Å². The molecule has 1 fully saturated rings. The SMILES string of the molecule is CCCCc1oc2ccccc2c1CN(C)C(=O)NCc1cccc(CN2CCCC2=O)c1. The summed E-state index contributed by atoms with van der Waals surface area (Å²) in [4.78, 5) is 28.4. The minimum Gasteiger partial charge on any atom is -0.461 e. The van der Waals surface area contributed by atoms with E-state index in [-0.39, 0.29) is 11.9 Å². The summed E-state index contributed by atoms with van der Waals surface area (Å²) in [6, 6.07) is 16.0. The number of hydrogen-bond donors (Lipinski definition) is 1. The smallest absolute Gasteiger partial charge is 0.317 e. The lowest BCUT2D eigenvalue weighted by atomic mass is 10.1. The number of carbonyl (C=O) groups is 2. The maximum atomic E-state index is 12.8. The number of urea groups is 1. The molecule has 0 spiro atoms. The maximum absolute atomic E-state index is 12.8. The molecule has 0 bridgehead atoms. The quantitative estimate of drug-likeness (QED) is 0.488. The minimum absolute atomic E-state index is 0.123. The summed E-state index contributed by atoms with van der Waals surface area (Å²) in [5.74, 6) is 1.20. The van der Waals surface area contributed by atoms with Crippen LogP contribution in [0.25, 0.3) is 11.0 Å². The number of amides is 3. The molecule has 3 aromatic rings. The van der Waals surface area contributed by atoms with Gasteiger partial charge in [-0.2, -0.15) is 0 Å². The van der Waals surface area contributed by atoms with E-state index in [4.69, 9.17) is 4.42 Å². The Kier molecular flexibility index (Phi) is 7.33. The van der Waals surface area contributed by atoms with E-state index >= 15 is 0 Å². The predicted octanol–water partition coefficient (Wildman–Crippen LogP) is 5.24. The van der Waals surface area contributed by atoms with Gasteiger partial charge in [-0.3, -0.25) is 4.79 Å². The summed E-state index contributed by atoms with van der Waals surface area (Å²) >= 11 is 0. The van der Waals surface area contributed by atoms with Crippen molar-refractivity contribution < 1.29 is 14.0 Å². The highest BCUT2D eigenvalue weighted by Crippen LogP contribution is 2.28. The third-order valence-corrected chi connectivity index (χ3v) is 6.26. The summed E-state index contributed by atoms with van der Waals surface area (Å²) < 4.78 is 6.10. The molecule has 4 rings (SSSR count). The highest BCUT2D eigenvalue weighted by molar-refractivity contribution is 5.83. The van der Waals surface area contributed by atoms with Gasteiger partial charge in [0.15, 0.2) is 0 Å². The minimum atomic E-state index is -0.123. The lowest BCUT2D eigenvalue weighted by Crippen LogP contribution is -2.36. The number of rotatable bonds is 9. The van der Waals surface area contributed by atoms with E-state index in [1.54, 1.807) is 4.90 Å². The van der Waals surface area contributed by atoms with Crippen LogP contribution in [0.2, 0.25) is 0 Å². The molecule has 1 aromatic heterocycles. The highest BCUT2D eigenvalue weighted by Gasteiger charge is 2.20. The molecule has 0 atom stereocenters. The van der Waals surface area contributed by atoms with Crippen molar-refractivity contribution in [3.05, 3.63) is 71.0 Å². The van der Waals surface area contributed by atoms with Gasteiger partial charge in [0, 0.05) is 50.5 Å². The fourth-order valence-electron chi connectivity index (χ4n) is 4.41. The largest absolute Gasteiger partial charge is 0.461 e. The first-order valence-corrected chi connectivity index (χ1v) is 11.9. The van der Waals surface area contributed by atoms with E-state index < -0.39 is 0 Å². The monoisotopic (exact) mass is 447 g/mol. The van der Waals surface area contributed by atoms with E-state index in [1.807, 2.05) is 48.3 Å². The topological polar surface area (TPSA) is 65.8 Å². The normalized spacial score (nSPS) is 13.6. The van der Waals surface area contributed by atoms with E-state index in [1.165, 1.54) is 0 Å². The summed E-state index contributed by atoms with van der Waals surface area (Å²) in [5, 5.41) is 4.10. The molecule has 174 valence electrons. The van der Waals surface area contributed by atoms with Crippen LogP contribution in [0.5, 0.6) is 0 Å². The second-order valence-corrected chi connectivity index (χ2v) is 8.86. The number of fused-ring (bicyclic) bond motifs is 1. The number of likely N-dealkylation sites (tertiary alicyclic amines) is 1. The van der Waals surface area contributed by atoms with Gasteiger partial charge < -0.3 is 19.5 Å². The molecule has 1 aliphatic rings. The molecule has 0 unspecified atom stereocenters. The van der Waals surface area contributed by atoms with Crippen LogP contribution in [0, 0.1) is 0 Å². The molecule has 3 amide bonds. The van der Waals surface area contributed by atoms with Gasteiger partial charge in [-0.05, 0) is 30.0 Å². The Bertz CT molecular complexity index is 1120. The molecular weight excluding hydrogens is 414 g/mol. The molecule has 1 N–H and O–H groups in total. The van der Waals surface area contributed by atoms with E-state index in [0.717, 1.165) is 65.6 Å². The van der Waals surface area contributed by atoms with Gasteiger partial charge in [-0.25, -0.2) is 4.79 Å². The molecule has 6 heteroatoms. The molecule has 2 aromatic carbocycles. The van der Waals surface area contributed by atoms with Crippen LogP contribution < -0.4 is 5.32 Å². The van der Waals surface area contributed by atoms with Gasteiger partial charge in [0.2, 0.25) is 5.91 Å². The van der Waals surface area contributed by atoms with Crippen LogP contribution in [0.15, 0.2) is 52.9 Å². The predicted molar refractivity (Wildman–Crippen MR) is 130 cm³/mol. The highest BCUT2D eigenvalue weighted by atomic mass is 16.3. The van der Waals surface area contributed by atoms with Crippen molar-refractivity contribution in [1.82, 2.24) is 15.1 Å². The van der Waals surface area contributed by atoms with Crippen LogP contribution in [0.1, 0.15) is 55.1 Å². The van der Waals surface area contributed by atoms with E-state index in [9.17, 15) is 9.59 Å². The van der Waals surface area contributed by atoms with E-state index in [2.05, 4.69) is 24.4 Å². The summed E-state index contributed by atoms with van der Waals surface area (Å²) in [7, 11) is 1.82. The lowest BCUT2D eigenvalue weighted by molar-refractivity contribution is -0.128. The van der Waals surface area contributed by atoms with Crippen LogP contribution in [-0.4, -0.2) is 35.3 Å². The Balaban J connectivity index is 1.38. The molecule has 33 heavy (non-hydrogen) atoms. The van der Waals surface area contributed by atoms with Crippen molar-refractivity contribution in [2.45, 2.75) is 58.7 Å². The van der Waals surface area contributed by atoms with Crippen molar-refractivity contribution in [2.75, 3.05) is 13.6 Å². The molecular formula is C27H33N3O3. The number of hydrogen-bond acceptors (Lipinski definition) is 3. The van der Waals surface area contributed by atoms with Crippen LogP contribution in [-0.2, 0) is 30.8 Å². The number of aryl methyl sites for hydroxylation is 1. The van der Waals surface area contributed by atoms with Crippen molar-refractivity contribution in [1.29, 1.82) is 0 Å². The molecule has 0 radical (unpaired) electrons. The molecule has 6 nitrogen and oxygen atoms in total. The van der Waals surface area contributed by atoms with Crippen LogP contribution in [0.4, 0.5) is 4.79 Å². The Morgan fingerprint density at radius 1 is 1.15 bits per heavy atom. The Hall–Kier alpha value is -3.28. The molecule has 0 saturated carbocycles. The number of furan rings is 1. The standard InChI is InChI=1S/C27H33N3O3/c1-3-4-12-25-23(22-11-5-6-13-24(22)33-25)19-29(2)27(32)28-17-20-9-7-10-21(16-20)18-30-15-8-14-26(30)31/h5-7,9-11,13,16H,3-4,8,12,14-15,17-19H2,1-2H3,(H,28,32). The average molecular weight is 448 g/mol. The summed E-state index contributed by atoms with van der Waals surface area (Å²) in [6.07, 6.45) is 4.61. The summed E-state index contributed by atoms with van der Waals surface area (Å²) in [5.41, 5.74) is 4.09. The van der Waals surface area contributed by atoms with Crippen molar-refractivity contribution in [2.24, 2.45) is 0 Å². The van der Waals surface area contributed by atoms with Gasteiger partial charge in [-0.1, -0.05) is 55.8 Å². The van der Waals surface area contributed by atoms with E-state index in [0.29, 0.717) is 26.1 Å². The second-order valence-electron chi connectivity index (χ2n) is 8.86. The lowest BCUT2D eigenvalue weighted by Gasteiger charge is -2.19. The Labute approximate surface area is 195 Å². The number of carbonyl (C=O) groups excluding carboxylic acids is 2. The molecule has 0 aliphatic carbocycles. The molecule has 2 heterocycles. The van der Waals surface area contributed by atoms with Crippen LogP contribution in [0.3, 0.4) is 0 Å². The maximum Gasteiger partial charge on any atom is 0.317 e. The third kappa shape index (κ3) is 5.56. The first-order valence-electron chi connectivity index (χ1n) is 11.9. The van der Waals surface area contributed by atoms with Gasteiger partial charge in [-0.15, -0.1) is 0 Å². The molecule has 1 saturated heterocycles. The molecule has 1 aliphatic heterocycles. The van der Waals surface area contributed by atoms with Gasteiger partial charge in [0.1, 0.15) is 11.3 Å². The first-order chi connectivity index (χ1) is 16.0. The zero-order valence-electron chi connectivity index (χ0n) is 19.6. The Morgan fingerprint density at radius 2 is 1.97 bits per heavy atom. The average Bonchev–Trinajstić information content (AvgIpc) is 3.39. The Morgan fingerprint density at radius 3 is 2.76 bits per heavy atom. The van der Waals surface area contributed by atoms with Gasteiger partial charge in [0.25, 0.3) is 0 Å². The number of unbranched alkanes of at least 4 members (excludes halogenated alkanes) is 1. The number of nitrogens with zero attached hydrogens (tertiary/aromatic N) is 2. The van der Waals surface area contributed by atoms with Crippen molar-refractivity contribution in [3.63, 3.8) is 0 Å². The van der Waals surface area contributed by atoms with Gasteiger partial charge >= 0.3 is 6.03 Å². The fourth-order valence-corrected chi connectivity index (χ4v) is 4.41. The number of para-hydroxylation sites is 1. The second kappa shape index (κ2) is 10.6. The number of nitrogens with one attached hydrogen (secondary N) is 1. The third-order valence-electron chi connectivity index (χ3n) is 6.26. The zero-order chi connectivity index (χ0) is 23.2. The van der Waals surface area contributed by atoms with Crippen LogP contribution >= 0.6 is 0 Å². The first kappa shape index (κ1) is 22.9. The fraction of sp³-hybridized carbons (Fsp3) is 0.407. The zero-order valence-corrected chi connectivity index (χ0v) is 19.6.